The van der Waals surface area contributed by atoms with E-state index in [1.54, 1.807) is 0 Å². The molecule has 2 heterocycles. The minimum absolute atomic E-state index is 0. The van der Waals surface area contributed by atoms with Crippen molar-refractivity contribution >= 4 is 0 Å². The number of hydrogen-bond acceptors (Lipinski definition) is 2. The maximum absolute atomic E-state index is 4.82. The van der Waals surface area contributed by atoms with E-state index in [1.807, 2.05) is 54.7 Å². The van der Waals surface area contributed by atoms with E-state index in [0.29, 0.717) is 0 Å². The van der Waals surface area contributed by atoms with E-state index >= 15 is 0 Å². The van der Waals surface area contributed by atoms with Crippen molar-refractivity contribution in [3.63, 3.8) is 0 Å². The van der Waals surface area contributed by atoms with Crippen molar-refractivity contribution in [2.45, 2.75) is 12.8 Å². The van der Waals surface area contributed by atoms with Gasteiger partial charge in [0.15, 0.2) is 0 Å². The molecule has 0 N–H and O–H groups in total. The Bertz CT molecular complexity index is 985. The number of benzene rings is 2. The van der Waals surface area contributed by atoms with Gasteiger partial charge in [-0.2, -0.15) is 42.0 Å². The monoisotopic (exact) mass is 529 g/mol. The predicted octanol–water partition coefficient (Wildman–Crippen LogP) is 5.19. The van der Waals surface area contributed by atoms with E-state index < -0.39 is 0 Å². The van der Waals surface area contributed by atoms with Crippen molar-refractivity contribution in [1.29, 1.82) is 0 Å². The van der Waals surface area contributed by atoms with Crippen molar-refractivity contribution in [2.75, 3.05) is 0 Å². The second kappa shape index (κ2) is 9.39. The molecule has 2 nitrogen and oxygen atoms in total. The molecule has 0 aliphatic rings. The van der Waals surface area contributed by atoms with Crippen LogP contribution in [0.5, 0.6) is 0 Å². The second-order valence-corrected chi connectivity index (χ2v) is 6.09. The van der Waals surface area contributed by atoms with Crippen LogP contribution in [0.25, 0.3) is 22.4 Å². The number of aromatic nitrogens is 2. The normalized spacial score (nSPS) is 10.2. The standard InChI is InChI=1S/C24H18N2.Pt/c1-2-8-19(9-3-1)20-10-6-11-21(18-20)24-14-7-13-23(26-24)16-15-22-12-4-5-17-25-22;/h1-8,10-14,17H,15-16H2;/q-2;+2. The summed E-state index contributed by atoms with van der Waals surface area (Å²) in [6.45, 7) is 0. The molecule has 134 valence electrons. The van der Waals surface area contributed by atoms with Gasteiger partial charge in [-0.3, -0.25) is 9.97 Å². The molecule has 4 aromatic rings. The molecule has 0 fully saturated rings. The number of hydrogen-bond donors (Lipinski definition) is 0. The molecule has 27 heavy (non-hydrogen) atoms. The molecule has 0 aliphatic heterocycles. The summed E-state index contributed by atoms with van der Waals surface area (Å²) in [6.07, 6.45) is 3.59. The van der Waals surface area contributed by atoms with Gasteiger partial charge in [0.25, 0.3) is 0 Å². The molecule has 0 amide bonds. The van der Waals surface area contributed by atoms with E-state index in [1.165, 1.54) is 0 Å². The van der Waals surface area contributed by atoms with Gasteiger partial charge in [0.1, 0.15) is 0 Å². The Balaban J connectivity index is 0.00000210. The second-order valence-electron chi connectivity index (χ2n) is 6.09. The van der Waals surface area contributed by atoms with E-state index in [-0.39, 0.29) is 21.1 Å². The van der Waals surface area contributed by atoms with E-state index in [4.69, 9.17) is 4.98 Å². The summed E-state index contributed by atoms with van der Waals surface area (Å²) in [4.78, 5) is 9.21. The molecule has 0 saturated carbocycles. The van der Waals surface area contributed by atoms with Crippen molar-refractivity contribution in [2.24, 2.45) is 0 Å². The number of rotatable bonds is 5. The van der Waals surface area contributed by atoms with Gasteiger partial charge in [0.05, 0.1) is 0 Å². The first-order valence-electron chi connectivity index (χ1n) is 8.74. The summed E-state index contributed by atoms with van der Waals surface area (Å²) < 4.78 is 0. The first-order chi connectivity index (χ1) is 12.9. The molecule has 0 atom stereocenters. The van der Waals surface area contributed by atoms with Crippen molar-refractivity contribution in [3.8, 4) is 22.4 Å². The average Bonchev–Trinajstić information content (AvgIpc) is 2.74. The largest absolute Gasteiger partial charge is 2.00 e. The Morgan fingerprint density at radius 1 is 0.667 bits per heavy atom. The minimum Gasteiger partial charge on any atom is -0.292 e. The summed E-state index contributed by atoms with van der Waals surface area (Å²) in [7, 11) is 0. The van der Waals surface area contributed by atoms with Crippen molar-refractivity contribution in [3.05, 3.63) is 109 Å². The van der Waals surface area contributed by atoms with E-state index in [2.05, 4.69) is 47.4 Å². The Morgan fingerprint density at radius 3 is 2.22 bits per heavy atom. The molecule has 4 rings (SSSR count). The van der Waals surface area contributed by atoms with Crippen molar-refractivity contribution < 1.29 is 21.1 Å². The Hall–Kier alpha value is -2.57. The summed E-state index contributed by atoms with van der Waals surface area (Å²) in [5, 5.41) is 0. The van der Waals surface area contributed by atoms with Gasteiger partial charge in [-0.25, -0.2) is 5.56 Å². The minimum atomic E-state index is 0. The Labute approximate surface area is 174 Å². The third-order valence-corrected chi connectivity index (χ3v) is 4.24. The molecule has 0 aliphatic carbocycles. The van der Waals surface area contributed by atoms with E-state index in [0.717, 1.165) is 46.6 Å². The van der Waals surface area contributed by atoms with Crippen LogP contribution >= 0.6 is 0 Å². The molecule has 0 radical (unpaired) electrons. The molecular weight excluding hydrogens is 511 g/mol. The molecular formula is C24H18N2Pt. The SMILES string of the molecule is [Pt+2].[c-]1ccccc1-c1[c-]c(-c2cccc(CCc3ccccn3)n2)ccc1. The zero-order valence-corrected chi connectivity index (χ0v) is 17.0. The zero-order valence-electron chi connectivity index (χ0n) is 14.7. The van der Waals surface area contributed by atoms with Crippen LogP contribution in [0, 0.1) is 12.1 Å². The van der Waals surface area contributed by atoms with Crippen LogP contribution < -0.4 is 0 Å². The van der Waals surface area contributed by atoms with Crippen LogP contribution in [0.4, 0.5) is 0 Å². The van der Waals surface area contributed by atoms with Crippen molar-refractivity contribution in [1.82, 2.24) is 9.97 Å². The van der Waals surface area contributed by atoms with Crippen LogP contribution in [-0.4, -0.2) is 9.97 Å². The van der Waals surface area contributed by atoms with Gasteiger partial charge >= 0.3 is 21.1 Å². The Morgan fingerprint density at radius 2 is 1.41 bits per heavy atom. The molecule has 0 bridgehead atoms. The predicted molar refractivity (Wildman–Crippen MR) is 104 cm³/mol. The fourth-order valence-electron chi connectivity index (χ4n) is 2.91. The van der Waals surface area contributed by atoms with E-state index in [9.17, 15) is 0 Å². The van der Waals surface area contributed by atoms with Gasteiger partial charge in [-0.15, -0.1) is 23.8 Å². The topological polar surface area (TPSA) is 25.8 Å². The number of nitrogens with zero attached hydrogens (tertiary/aromatic N) is 2. The fraction of sp³-hybridized carbons (Fsp3) is 0.0833. The van der Waals surface area contributed by atoms with Crippen LogP contribution in [0.3, 0.4) is 0 Å². The Kier molecular flexibility index (Phi) is 6.68. The van der Waals surface area contributed by atoms with Crippen LogP contribution in [-0.2, 0) is 33.9 Å². The van der Waals surface area contributed by atoms with Crippen LogP contribution in [0.2, 0.25) is 0 Å². The smallest absolute Gasteiger partial charge is 0.292 e. The van der Waals surface area contributed by atoms with Gasteiger partial charge < -0.3 is 0 Å². The maximum Gasteiger partial charge on any atom is 2.00 e. The summed E-state index contributed by atoms with van der Waals surface area (Å²) in [5.41, 5.74) is 6.18. The summed E-state index contributed by atoms with van der Waals surface area (Å²) in [6, 6.07) is 33.0. The zero-order chi connectivity index (χ0) is 17.6. The quantitative estimate of drug-likeness (QED) is 0.333. The third-order valence-electron chi connectivity index (χ3n) is 4.24. The average molecular weight is 530 g/mol. The van der Waals surface area contributed by atoms with Gasteiger partial charge in [0.2, 0.25) is 0 Å². The first kappa shape index (κ1) is 19.2. The molecule has 2 aromatic heterocycles. The summed E-state index contributed by atoms with van der Waals surface area (Å²) >= 11 is 0. The number of pyridine rings is 2. The number of aryl methyl sites for hydroxylation is 2. The molecule has 2 aromatic carbocycles. The molecule has 0 saturated heterocycles. The molecule has 3 heteroatoms. The van der Waals surface area contributed by atoms with Crippen LogP contribution in [0.15, 0.2) is 85.1 Å². The third kappa shape index (κ3) is 4.99. The van der Waals surface area contributed by atoms with Gasteiger partial charge in [-0.1, -0.05) is 18.2 Å². The molecule has 0 unspecified atom stereocenters. The maximum atomic E-state index is 4.82. The van der Waals surface area contributed by atoms with Crippen LogP contribution in [0.1, 0.15) is 11.4 Å². The summed E-state index contributed by atoms with van der Waals surface area (Å²) in [5.74, 6) is 0. The first-order valence-corrected chi connectivity index (χ1v) is 8.74. The van der Waals surface area contributed by atoms with Gasteiger partial charge in [0, 0.05) is 23.3 Å². The molecule has 0 spiro atoms. The van der Waals surface area contributed by atoms with Gasteiger partial charge in [-0.05, 0) is 31.0 Å². The fourth-order valence-corrected chi connectivity index (χ4v) is 2.91.